The number of hydrogen-bond donors (Lipinski definition) is 0. The lowest BCUT2D eigenvalue weighted by Crippen LogP contribution is -2.05. The van der Waals surface area contributed by atoms with E-state index in [4.69, 9.17) is 0 Å². The Bertz CT molecular complexity index is 515. The molecule has 0 aliphatic heterocycles. The highest BCUT2D eigenvalue weighted by atomic mass is 127. The Morgan fingerprint density at radius 2 is 1.88 bits per heavy atom. The van der Waals surface area contributed by atoms with Crippen molar-refractivity contribution in [2.24, 2.45) is 0 Å². The van der Waals surface area contributed by atoms with Gasteiger partial charge in [0.1, 0.15) is 0 Å². The molecule has 0 N–H and O–H groups in total. The molecule has 0 saturated carbocycles. The standard InChI is InChI=1S/C13H15IN2/c1-9-6-4-5-7-12(9)8-16-11(3)13(14)10(2)15-16/h4-7H,8H2,1-3H3. The van der Waals surface area contributed by atoms with Gasteiger partial charge in [-0.1, -0.05) is 24.3 Å². The molecule has 0 amide bonds. The molecule has 2 rings (SSSR count). The van der Waals surface area contributed by atoms with E-state index in [1.807, 2.05) is 0 Å². The molecule has 0 aliphatic rings. The fourth-order valence-corrected chi connectivity index (χ4v) is 2.16. The normalized spacial score (nSPS) is 10.8. The molecule has 0 bridgehead atoms. The third-order valence-electron chi connectivity index (χ3n) is 2.87. The van der Waals surface area contributed by atoms with Gasteiger partial charge in [-0.15, -0.1) is 0 Å². The van der Waals surface area contributed by atoms with Crippen LogP contribution < -0.4 is 0 Å². The predicted octanol–water partition coefficient (Wildman–Crippen LogP) is 3.46. The van der Waals surface area contributed by atoms with Crippen LogP contribution in [0.1, 0.15) is 22.5 Å². The number of rotatable bonds is 2. The summed E-state index contributed by atoms with van der Waals surface area (Å²) >= 11 is 2.36. The highest BCUT2D eigenvalue weighted by Gasteiger charge is 2.09. The summed E-state index contributed by atoms with van der Waals surface area (Å²) in [5.41, 5.74) is 5.03. The molecule has 0 fully saturated rings. The molecular formula is C13H15IN2. The first kappa shape index (κ1) is 11.6. The third-order valence-corrected chi connectivity index (χ3v) is 4.44. The van der Waals surface area contributed by atoms with E-state index in [1.54, 1.807) is 0 Å². The van der Waals surface area contributed by atoms with Crippen molar-refractivity contribution in [2.45, 2.75) is 27.3 Å². The van der Waals surface area contributed by atoms with Crippen molar-refractivity contribution in [3.8, 4) is 0 Å². The molecule has 3 heteroatoms. The van der Waals surface area contributed by atoms with E-state index >= 15 is 0 Å². The Morgan fingerprint density at radius 1 is 1.19 bits per heavy atom. The van der Waals surface area contributed by atoms with Gasteiger partial charge in [-0.05, 0) is 54.5 Å². The second-order valence-electron chi connectivity index (χ2n) is 4.07. The van der Waals surface area contributed by atoms with Crippen molar-refractivity contribution in [3.63, 3.8) is 0 Å². The average Bonchev–Trinajstić information content (AvgIpc) is 2.50. The summed E-state index contributed by atoms with van der Waals surface area (Å²) in [5, 5.41) is 4.56. The second kappa shape index (κ2) is 4.57. The fraction of sp³-hybridized carbons (Fsp3) is 0.308. The molecule has 1 heterocycles. The van der Waals surface area contributed by atoms with Crippen LogP contribution in [-0.4, -0.2) is 9.78 Å². The molecule has 1 aromatic heterocycles. The van der Waals surface area contributed by atoms with Crippen molar-refractivity contribution >= 4 is 22.6 Å². The van der Waals surface area contributed by atoms with Crippen molar-refractivity contribution < 1.29 is 0 Å². The van der Waals surface area contributed by atoms with Crippen LogP contribution in [-0.2, 0) is 6.54 Å². The van der Waals surface area contributed by atoms with Gasteiger partial charge in [-0.3, -0.25) is 4.68 Å². The first-order chi connectivity index (χ1) is 7.59. The summed E-state index contributed by atoms with van der Waals surface area (Å²) in [5.74, 6) is 0. The Balaban J connectivity index is 2.34. The number of aromatic nitrogens is 2. The summed E-state index contributed by atoms with van der Waals surface area (Å²) in [6.07, 6.45) is 0. The quantitative estimate of drug-likeness (QED) is 0.773. The monoisotopic (exact) mass is 326 g/mol. The van der Waals surface area contributed by atoms with Crippen LogP contribution in [0.5, 0.6) is 0 Å². The van der Waals surface area contributed by atoms with Crippen LogP contribution in [0.2, 0.25) is 0 Å². The first-order valence-electron chi connectivity index (χ1n) is 5.33. The predicted molar refractivity (Wildman–Crippen MR) is 74.7 cm³/mol. The molecule has 1 aromatic carbocycles. The maximum absolute atomic E-state index is 4.56. The molecule has 84 valence electrons. The van der Waals surface area contributed by atoms with E-state index in [0.29, 0.717) is 0 Å². The molecule has 0 unspecified atom stereocenters. The number of halogens is 1. The second-order valence-corrected chi connectivity index (χ2v) is 5.15. The van der Waals surface area contributed by atoms with Crippen LogP contribution in [0.3, 0.4) is 0 Å². The minimum atomic E-state index is 0.863. The van der Waals surface area contributed by atoms with Gasteiger partial charge < -0.3 is 0 Å². The van der Waals surface area contributed by atoms with Gasteiger partial charge >= 0.3 is 0 Å². The molecule has 0 radical (unpaired) electrons. The van der Waals surface area contributed by atoms with Gasteiger partial charge in [0.25, 0.3) is 0 Å². The maximum Gasteiger partial charge on any atom is 0.0730 e. The number of benzene rings is 1. The van der Waals surface area contributed by atoms with Crippen LogP contribution in [0.15, 0.2) is 24.3 Å². The number of nitrogens with zero attached hydrogens (tertiary/aromatic N) is 2. The van der Waals surface area contributed by atoms with E-state index in [0.717, 1.165) is 12.2 Å². The van der Waals surface area contributed by atoms with Gasteiger partial charge in [-0.2, -0.15) is 5.10 Å². The van der Waals surface area contributed by atoms with Gasteiger partial charge in [0.2, 0.25) is 0 Å². The number of aryl methyl sites for hydroxylation is 2. The maximum atomic E-state index is 4.56. The largest absolute Gasteiger partial charge is 0.264 e. The van der Waals surface area contributed by atoms with Gasteiger partial charge in [0.05, 0.1) is 15.8 Å². The summed E-state index contributed by atoms with van der Waals surface area (Å²) in [7, 11) is 0. The zero-order valence-electron chi connectivity index (χ0n) is 9.79. The van der Waals surface area contributed by atoms with E-state index < -0.39 is 0 Å². The molecule has 0 aliphatic carbocycles. The lowest BCUT2D eigenvalue weighted by molar-refractivity contribution is 0.656. The van der Waals surface area contributed by atoms with E-state index in [9.17, 15) is 0 Å². The van der Waals surface area contributed by atoms with Crippen molar-refractivity contribution in [2.75, 3.05) is 0 Å². The van der Waals surface area contributed by atoms with E-state index in [2.05, 4.69) is 77.4 Å². The zero-order chi connectivity index (χ0) is 11.7. The molecule has 16 heavy (non-hydrogen) atoms. The molecule has 0 saturated heterocycles. The summed E-state index contributed by atoms with van der Waals surface area (Å²) in [4.78, 5) is 0. The fourth-order valence-electron chi connectivity index (χ4n) is 1.78. The van der Waals surface area contributed by atoms with Crippen LogP contribution in [0.25, 0.3) is 0 Å². The van der Waals surface area contributed by atoms with Crippen LogP contribution in [0.4, 0.5) is 0 Å². The molecule has 0 spiro atoms. The number of hydrogen-bond acceptors (Lipinski definition) is 1. The smallest absolute Gasteiger partial charge is 0.0730 e. The van der Waals surface area contributed by atoms with Crippen molar-refractivity contribution in [3.05, 3.63) is 50.4 Å². The Morgan fingerprint density at radius 3 is 2.44 bits per heavy atom. The Labute approximate surface area is 110 Å². The lowest BCUT2D eigenvalue weighted by atomic mass is 10.1. The Hall–Kier alpha value is -0.840. The lowest BCUT2D eigenvalue weighted by Gasteiger charge is -2.07. The van der Waals surface area contributed by atoms with Gasteiger partial charge in [-0.25, -0.2) is 0 Å². The van der Waals surface area contributed by atoms with Gasteiger partial charge in [0, 0.05) is 5.69 Å². The van der Waals surface area contributed by atoms with Crippen molar-refractivity contribution in [1.82, 2.24) is 9.78 Å². The summed E-state index contributed by atoms with van der Waals surface area (Å²) in [6.45, 7) is 7.19. The minimum Gasteiger partial charge on any atom is -0.264 e. The first-order valence-corrected chi connectivity index (χ1v) is 6.41. The highest BCUT2D eigenvalue weighted by molar-refractivity contribution is 14.1. The van der Waals surface area contributed by atoms with E-state index in [1.165, 1.54) is 20.4 Å². The van der Waals surface area contributed by atoms with Crippen molar-refractivity contribution in [1.29, 1.82) is 0 Å². The van der Waals surface area contributed by atoms with Crippen LogP contribution in [0, 0.1) is 24.3 Å². The summed E-state index contributed by atoms with van der Waals surface area (Å²) in [6, 6.07) is 8.47. The SMILES string of the molecule is Cc1ccccc1Cn1nc(C)c(I)c1C. The highest BCUT2D eigenvalue weighted by Crippen LogP contribution is 2.17. The molecular weight excluding hydrogens is 311 g/mol. The summed E-state index contributed by atoms with van der Waals surface area (Å²) < 4.78 is 3.35. The molecule has 2 nitrogen and oxygen atoms in total. The minimum absolute atomic E-state index is 0.863. The molecule has 0 atom stereocenters. The zero-order valence-corrected chi connectivity index (χ0v) is 11.9. The van der Waals surface area contributed by atoms with Gasteiger partial charge in [0.15, 0.2) is 0 Å². The average molecular weight is 326 g/mol. The Kier molecular flexibility index (Phi) is 3.33. The van der Waals surface area contributed by atoms with Crippen LogP contribution >= 0.6 is 22.6 Å². The van der Waals surface area contributed by atoms with E-state index in [-0.39, 0.29) is 0 Å². The topological polar surface area (TPSA) is 17.8 Å². The third kappa shape index (κ3) is 2.14. The molecule has 2 aromatic rings.